The SMILES string of the molecule is CCCCCC1/C(=N/O)CCC1CC(=O)OC. The Morgan fingerprint density at radius 3 is 2.88 bits per heavy atom. The Bertz CT molecular complexity index is 276. The van der Waals surface area contributed by atoms with Crippen molar-refractivity contribution in [1.82, 2.24) is 0 Å². The molecule has 4 heteroatoms. The fourth-order valence-corrected chi connectivity index (χ4v) is 2.67. The summed E-state index contributed by atoms with van der Waals surface area (Å²) >= 11 is 0. The van der Waals surface area contributed by atoms with Crippen molar-refractivity contribution in [3.63, 3.8) is 0 Å². The van der Waals surface area contributed by atoms with Crippen LogP contribution in [0.1, 0.15) is 51.9 Å². The van der Waals surface area contributed by atoms with Gasteiger partial charge in [0.2, 0.25) is 0 Å². The Kier molecular flexibility index (Phi) is 6.01. The molecule has 1 fully saturated rings. The monoisotopic (exact) mass is 241 g/mol. The molecule has 0 heterocycles. The second-order valence-electron chi connectivity index (χ2n) is 4.77. The van der Waals surface area contributed by atoms with E-state index in [1.165, 1.54) is 20.0 Å². The van der Waals surface area contributed by atoms with E-state index in [1.807, 2.05) is 0 Å². The predicted octanol–water partition coefficient (Wildman–Crippen LogP) is 2.99. The van der Waals surface area contributed by atoms with Crippen LogP contribution in [0.5, 0.6) is 0 Å². The summed E-state index contributed by atoms with van der Waals surface area (Å²) < 4.78 is 4.71. The molecule has 0 aromatic rings. The molecule has 1 rings (SSSR count). The topological polar surface area (TPSA) is 58.9 Å². The lowest BCUT2D eigenvalue weighted by Gasteiger charge is -2.18. The molecule has 2 atom stereocenters. The van der Waals surface area contributed by atoms with Crippen LogP contribution < -0.4 is 0 Å². The number of oxime groups is 1. The molecule has 1 N–H and O–H groups in total. The third-order valence-electron chi connectivity index (χ3n) is 3.67. The number of rotatable bonds is 6. The number of hydrogen-bond acceptors (Lipinski definition) is 4. The maximum absolute atomic E-state index is 11.3. The summed E-state index contributed by atoms with van der Waals surface area (Å²) in [6, 6.07) is 0. The van der Waals surface area contributed by atoms with Gasteiger partial charge in [-0.25, -0.2) is 0 Å². The van der Waals surface area contributed by atoms with E-state index in [0.717, 1.165) is 31.4 Å². The van der Waals surface area contributed by atoms with Crippen LogP contribution in [0.3, 0.4) is 0 Å². The van der Waals surface area contributed by atoms with Gasteiger partial charge in [0.15, 0.2) is 0 Å². The molecular weight excluding hydrogens is 218 g/mol. The van der Waals surface area contributed by atoms with Gasteiger partial charge in [0.1, 0.15) is 0 Å². The maximum atomic E-state index is 11.3. The fourth-order valence-electron chi connectivity index (χ4n) is 2.67. The molecule has 2 unspecified atom stereocenters. The Morgan fingerprint density at radius 2 is 2.29 bits per heavy atom. The van der Waals surface area contributed by atoms with E-state index in [2.05, 4.69) is 12.1 Å². The highest BCUT2D eigenvalue weighted by Gasteiger charge is 2.34. The number of hydrogen-bond donors (Lipinski definition) is 1. The van der Waals surface area contributed by atoms with Gasteiger partial charge in [0.25, 0.3) is 0 Å². The number of unbranched alkanes of at least 4 members (excludes halogenated alkanes) is 2. The molecule has 0 saturated heterocycles. The average Bonchev–Trinajstić information content (AvgIpc) is 2.72. The van der Waals surface area contributed by atoms with Crippen molar-refractivity contribution in [2.75, 3.05) is 7.11 Å². The van der Waals surface area contributed by atoms with Crippen LogP contribution in [-0.2, 0) is 9.53 Å². The van der Waals surface area contributed by atoms with Gasteiger partial charge >= 0.3 is 5.97 Å². The molecule has 17 heavy (non-hydrogen) atoms. The summed E-state index contributed by atoms with van der Waals surface area (Å²) in [4.78, 5) is 11.3. The molecule has 0 radical (unpaired) electrons. The molecule has 4 nitrogen and oxygen atoms in total. The van der Waals surface area contributed by atoms with E-state index in [1.54, 1.807) is 0 Å². The highest BCUT2D eigenvalue weighted by molar-refractivity contribution is 5.89. The summed E-state index contributed by atoms with van der Waals surface area (Å²) in [5.74, 6) is 0.408. The number of carbonyl (C=O) groups excluding carboxylic acids is 1. The van der Waals surface area contributed by atoms with Crippen LogP contribution in [0.2, 0.25) is 0 Å². The van der Waals surface area contributed by atoms with Crippen molar-refractivity contribution < 1.29 is 14.7 Å². The number of carbonyl (C=O) groups is 1. The molecule has 0 aromatic carbocycles. The van der Waals surface area contributed by atoms with Gasteiger partial charge < -0.3 is 9.94 Å². The van der Waals surface area contributed by atoms with E-state index in [9.17, 15) is 4.79 Å². The van der Waals surface area contributed by atoms with Gasteiger partial charge in [0.05, 0.1) is 12.8 Å². The van der Waals surface area contributed by atoms with E-state index in [0.29, 0.717) is 12.3 Å². The summed E-state index contributed by atoms with van der Waals surface area (Å²) in [7, 11) is 1.42. The Balaban J connectivity index is 2.53. The Hall–Kier alpha value is -1.06. The van der Waals surface area contributed by atoms with E-state index >= 15 is 0 Å². The Morgan fingerprint density at radius 1 is 1.53 bits per heavy atom. The summed E-state index contributed by atoms with van der Waals surface area (Å²) in [5.41, 5.74) is 0.870. The first-order valence-electron chi connectivity index (χ1n) is 6.50. The highest BCUT2D eigenvalue weighted by atomic mass is 16.5. The lowest BCUT2D eigenvalue weighted by Crippen LogP contribution is -2.18. The molecule has 0 aliphatic heterocycles. The molecule has 0 bridgehead atoms. The Labute approximate surface area is 103 Å². The lowest BCUT2D eigenvalue weighted by molar-refractivity contribution is -0.141. The van der Waals surface area contributed by atoms with E-state index in [-0.39, 0.29) is 11.9 Å². The first-order chi connectivity index (χ1) is 8.22. The van der Waals surface area contributed by atoms with Gasteiger partial charge in [-0.15, -0.1) is 0 Å². The molecule has 0 aromatic heterocycles. The van der Waals surface area contributed by atoms with Crippen molar-refractivity contribution in [2.45, 2.75) is 51.9 Å². The zero-order valence-corrected chi connectivity index (χ0v) is 10.8. The van der Waals surface area contributed by atoms with Crippen molar-refractivity contribution in [2.24, 2.45) is 17.0 Å². The van der Waals surface area contributed by atoms with Crippen molar-refractivity contribution in [3.8, 4) is 0 Å². The molecule has 0 amide bonds. The van der Waals surface area contributed by atoms with Crippen LogP contribution in [0.25, 0.3) is 0 Å². The van der Waals surface area contributed by atoms with Crippen LogP contribution in [0.15, 0.2) is 5.16 Å². The number of esters is 1. The standard InChI is InChI=1S/C13H23NO3/c1-3-4-5-6-11-10(9-13(15)17-2)7-8-12(11)14-16/h10-11,16H,3-9H2,1-2H3/b14-12+. The highest BCUT2D eigenvalue weighted by Crippen LogP contribution is 2.35. The molecule has 0 spiro atoms. The third kappa shape index (κ3) is 4.02. The minimum atomic E-state index is -0.158. The van der Waals surface area contributed by atoms with Crippen LogP contribution in [-0.4, -0.2) is 24.0 Å². The first kappa shape index (κ1) is 14.0. The normalized spacial score (nSPS) is 26.4. The third-order valence-corrected chi connectivity index (χ3v) is 3.67. The van der Waals surface area contributed by atoms with Gasteiger partial charge in [-0.1, -0.05) is 31.3 Å². The maximum Gasteiger partial charge on any atom is 0.305 e. The van der Waals surface area contributed by atoms with Crippen molar-refractivity contribution in [1.29, 1.82) is 0 Å². The zero-order chi connectivity index (χ0) is 12.7. The summed E-state index contributed by atoms with van der Waals surface area (Å²) in [6.45, 7) is 2.17. The number of ether oxygens (including phenoxy) is 1. The summed E-state index contributed by atoms with van der Waals surface area (Å²) in [5, 5.41) is 12.4. The van der Waals surface area contributed by atoms with Gasteiger partial charge in [-0.3, -0.25) is 4.79 Å². The number of nitrogens with zero attached hydrogens (tertiary/aromatic N) is 1. The molecular formula is C13H23NO3. The minimum Gasteiger partial charge on any atom is -0.469 e. The molecule has 98 valence electrons. The quantitative estimate of drug-likeness (QED) is 0.336. The second kappa shape index (κ2) is 7.30. The van der Waals surface area contributed by atoms with Crippen molar-refractivity contribution >= 4 is 11.7 Å². The van der Waals surface area contributed by atoms with Crippen molar-refractivity contribution in [3.05, 3.63) is 0 Å². The lowest BCUT2D eigenvalue weighted by atomic mass is 9.87. The second-order valence-corrected chi connectivity index (χ2v) is 4.77. The van der Waals surface area contributed by atoms with Gasteiger partial charge in [-0.05, 0) is 25.2 Å². The van der Waals surface area contributed by atoms with Crippen LogP contribution >= 0.6 is 0 Å². The zero-order valence-electron chi connectivity index (χ0n) is 10.8. The largest absolute Gasteiger partial charge is 0.469 e. The van der Waals surface area contributed by atoms with Gasteiger partial charge in [-0.2, -0.15) is 0 Å². The summed E-state index contributed by atoms with van der Waals surface area (Å²) in [6.07, 6.45) is 6.74. The van der Waals surface area contributed by atoms with E-state index < -0.39 is 0 Å². The molecule has 1 saturated carbocycles. The molecule has 1 aliphatic rings. The predicted molar refractivity (Wildman–Crippen MR) is 66.2 cm³/mol. The van der Waals surface area contributed by atoms with Crippen LogP contribution in [0.4, 0.5) is 0 Å². The minimum absolute atomic E-state index is 0.158. The molecule has 1 aliphatic carbocycles. The van der Waals surface area contributed by atoms with Gasteiger partial charge in [0, 0.05) is 12.3 Å². The van der Waals surface area contributed by atoms with Crippen LogP contribution in [0, 0.1) is 11.8 Å². The van der Waals surface area contributed by atoms with E-state index in [4.69, 9.17) is 9.94 Å². The average molecular weight is 241 g/mol. The first-order valence-corrected chi connectivity index (χ1v) is 6.50. The smallest absolute Gasteiger partial charge is 0.305 e. The number of methoxy groups -OCH3 is 1. The fraction of sp³-hybridized carbons (Fsp3) is 0.846.